The van der Waals surface area contributed by atoms with Gasteiger partial charge in [0, 0.05) is 0 Å². The maximum Gasteiger partial charge on any atom is 0.309 e. The minimum absolute atomic E-state index is 0.00454. The molecular weight excluding hydrogens is 144 g/mol. The van der Waals surface area contributed by atoms with E-state index in [1.54, 1.807) is 0 Å². The number of rotatable bonds is 3. The van der Waals surface area contributed by atoms with E-state index in [2.05, 4.69) is 0 Å². The lowest BCUT2D eigenvalue weighted by Gasteiger charge is -2.26. The van der Waals surface area contributed by atoms with Crippen LogP contribution < -0.4 is 0 Å². The van der Waals surface area contributed by atoms with Crippen molar-refractivity contribution < 1.29 is 14.3 Å². The summed E-state index contributed by atoms with van der Waals surface area (Å²) >= 11 is 0. The molecule has 1 atom stereocenters. The highest BCUT2D eigenvalue weighted by Gasteiger charge is 2.24. The quantitative estimate of drug-likeness (QED) is 0.568. The van der Waals surface area contributed by atoms with Crippen LogP contribution in [0.4, 0.5) is 0 Å². The Hall–Kier alpha value is -0.570. The molecule has 1 aliphatic rings. The number of hydrogen-bond acceptors (Lipinski definition) is 3. The first kappa shape index (κ1) is 8.53. The smallest absolute Gasteiger partial charge is 0.309 e. The molecule has 1 fully saturated rings. The van der Waals surface area contributed by atoms with Crippen molar-refractivity contribution in [3.05, 3.63) is 6.42 Å². The zero-order valence-electron chi connectivity index (χ0n) is 6.87. The van der Waals surface area contributed by atoms with Gasteiger partial charge in [0.2, 0.25) is 0 Å². The fourth-order valence-corrected chi connectivity index (χ4v) is 0.690. The number of hydrogen-bond donors (Lipinski definition) is 0. The van der Waals surface area contributed by atoms with E-state index in [4.69, 9.17) is 9.47 Å². The van der Waals surface area contributed by atoms with Crippen molar-refractivity contribution in [2.24, 2.45) is 5.92 Å². The highest BCUT2D eigenvalue weighted by atomic mass is 16.6. The Labute approximate surface area is 66.7 Å². The molecular formula is C8H13O3. The summed E-state index contributed by atoms with van der Waals surface area (Å²) in [4.78, 5) is 11.1. The number of carbonyl (C=O) groups is 1. The van der Waals surface area contributed by atoms with Crippen LogP contribution in [0.2, 0.25) is 0 Å². The van der Waals surface area contributed by atoms with Crippen LogP contribution in [0, 0.1) is 12.3 Å². The fraction of sp³-hybridized carbons (Fsp3) is 0.750. The number of ether oxygens (including phenoxy) is 2. The Morgan fingerprint density at radius 1 is 1.73 bits per heavy atom. The summed E-state index contributed by atoms with van der Waals surface area (Å²) in [5.74, 6) is -0.253. The third kappa shape index (κ3) is 2.19. The third-order valence-electron chi connectivity index (χ3n) is 1.76. The molecule has 0 amide bonds. The second-order valence-corrected chi connectivity index (χ2v) is 2.72. The summed E-state index contributed by atoms with van der Waals surface area (Å²) in [5.41, 5.74) is 0. The van der Waals surface area contributed by atoms with Crippen LogP contribution in [0.5, 0.6) is 0 Å². The molecule has 1 rings (SSSR count). The summed E-state index contributed by atoms with van der Waals surface area (Å²) in [6.45, 7) is 4.79. The zero-order valence-corrected chi connectivity index (χ0v) is 6.87. The molecule has 0 saturated carbocycles. The summed E-state index contributed by atoms with van der Waals surface area (Å²) in [6.07, 6.45) is 1.83. The van der Waals surface area contributed by atoms with Gasteiger partial charge < -0.3 is 9.47 Å². The lowest BCUT2D eigenvalue weighted by molar-refractivity contribution is -0.175. The molecule has 3 heteroatoms. The first-order valence-electron chi connectivity index (χ1n) is 3.81. The van der Waals surface area contributed by atoms with Gasteiger partial charge in [0.05, 0.1) is 19.1 Å². The lowest BCUT2D eigenvalue weighted by Crippen LogP contribution is -2.39. The largest absolute Gasteiger partial charge is 0.457 e. The van der Waals surface area contributed by atoms with E-state index >= 15 is 0 Å². The van der Waals surface area contributed by atoms with Crippen molar-refractivity contribution >= 4 is 5.97 Å². The molecule has 1 heterocycles. The van der Waals surface area contributed by atoms with Gasteiger partial charge in [0.15, 0.2) is 0 Å². The minimum Gasteiger partial charge on any atom is -0.457 e. The molecule has 0 aromatic rings. The highest BCUT2D eigenvalue weighted by Crippen LogP contribution is 2.10. The monoisotopic (exact) mass is 157 g/mol. The highest BCUT2D eigenvalue weighted by molar-refractivity contribution is 5.73. The first-order chi connectivity index (χ1) is 5.24. The van der Waals surface area contributed by atoms with Crippen molar-refractivity contribution in [3.8, 4) is 0 Å². The average Bonchev–Trinajstić information content (AvgIpc) is 1.94. The molecule has 0 bridgehead atoms. The van der Waals surface area contributed by atoms with Crippen LogP contribution in [-0.2, 0) is 14.3 Å². The zero-order chi connectivity index (χ0) is 8.27. The van der Waals surface area contributed by atoms with Gasteiger partial charge in [-0.25, -0.2) is 0 Å². The molecule has 0 spiro atoms. The second-order valence-electron chi connectivity index (χ2n) is 2.72. The second kappa shape index (κ2) is 3.72. The van der Waals surface area contributed by atoms with Gasteiger partial charge in [-0.1, -0.05) is 13.8 Å². The van der Waals surface area contributed by atoms with E-state index in [9.17, 15) is 4.79 Å². The van der Waals surface area contributed by atoms with E-state index in [-0.39, 0.29) is 18.0 Å². The molecule has 0 N–H and O–H groups in total. The topological polar surface area (TPSA) is 35.5 Å². The van der Waals surface area contributed by atoms with E-state index in [0.29, 0.717) is 13.2 Å². The number of esters is 1. The van der Waals surface area contributed by atoms with Crippen LogP contribution in [0.3, 0.4) is 0 Å². The normalized spacial score (nSPS) is 20.5. The standard InChI is InChI=1S/C8H13O3/c1-3-6(2)8(9)11-7-4-10-5-7/h3,6-7H,4-5H2,1-2H3. The molecule has 1 saturated heterocycles. The van der Waals surface area contributed by atoms with Crippen molar-refractivity contribution in [2.45, 2.75) is 20.0 Å². The van der Waals surface area contributed by atoms with Crippen molar-refractivity contribution in [1.29, 1.82) is 0 Å². The molecule has 63 valence electrons. The molecule has 1 unspecified atom stereocenters. The summed E-state index contributed by atoms with van der Waals surface area (Å²) in [7, 11) is 0. The van der Waals surface area contributed by atoms with Crippen LogP contribution >= 0.6 is 0 Å². The number of carbonyl (C=O) groups excluding carboxylic acids is 1. The maximum atomic E-state index is 11.1. The summed E-state index contributed by atoms with van der Waals surface area (Å²) in [5, 5.41) is 0. The van der Waals surface area contributed by atoms with Gasteiger partial charge in [-0.15, -0.1) is 0 Å². The van der Waals surface area contributed by atoms with Crippen molar-refractivity contribution in [1.82, 2.24) is 0 Å². The van der Waals surface area contributed by atoms with Gasteiger partial charge in [-0.2, -0.15) is 0 Å². The SMILES string of the molecule is C[CH]C(C)C(=O)OC1COC1. The predicted octanol–water partition coefficient (Wildman–Crippen LogP) is 0.789. The molecule has 1 radical (unpaired) electrons. The van der Waals surface area contributed by atoms with E-state index in [1.807, 2.05) is 20.3 Å². The van der Waals surface area contributed by atoms with Gasteiger partial charge in [0.1, 0.15) is 6.10 Å². The average molecular weight is 157 g/mol. The van der Waals surface area contributed by atoms with Crippen LogP contribution in [0.15, 0.2) is 0 Å². The third-order valence-corrected chi connectivity index (χ3v) is 1.76. The molecule has 1 aliphatic heterocycles. The summed E-state index contributed by atoms with van der Waals surface area (Å²) in [6, 6.07) is 0. The van der Waals surface area contributed by atoms with E-state index < -0.39 is 0 Å². The molecule has 3 nitrogen and oxygen atoms in total. The molecule has 11 heavy (non-hydrogen) atoms. The Balaban J connectivity index is 2.19. The maximum absolute atomic E-state index is 11.1. The lowest BCUT2D eigenvalue weighted by atomic mass is 10.1. The first-order valence-corrected chi connectivity index (χ1v) is 3.81. The van der Waals surface area contributed by atoms with Gasteiger partial charge >= 0.3 is 5.97 Å². The van der Waals surface area contributed by atoms with Gasteiger partial charge in [0.25, 0.3) is 0 Å². The van der Waals surface area contributed by atoms with E-state index in [0.717, 1.165) is 0 Å². The Morgan fingerprint density at radius 2 is 2.36 bits per heavy atom. The van der Waals surface area contributed by atoms with Crippen molar-refractivity contribution in [3.63, 3.8) is 0 Å². The van der Waals surface area contributed by atoms with Gasteiger partial charge in [-0.05, 0) is 6.42 Å². The summed E-state index contributed by atoms with van der Waals surface area (Å²) < 4.78 is 9.91. The predicted molar refractivity (Wildman–Crippen MR) is 39.8 cm³/mol. The fourth-order valence-electron chi connectivity index (χ4n) is 0.690. The van der Waals surface area contributed by atoms with Gasteiger partial charge in [-0.3, -0.25) is 4.79 Å². The van der Waals surface area contributed by atoms with Crippen LogP contribution in [-0.4, -0.2) is 25.3 Å². The Morgan fingerprint density at radius 3 is 2.73 bits per heavy atom. The molecule has 0 aromatic carbocycles. The van der Waals surface area contributed by atoms with E-state index in [1.165, 1.54) is 0 Å². The van der Waals surface area contributed by atoms with Crippen LogP contribution in [0.1, 0.15) is 13.8 Å². The molecule has 0 aliphatic carbocycles. The Kier molecular flexibility index (Phi) is 2.88. The molecule has 0 aromatic heterocycles. The Bertz CT molecular complexity index is 140. The minimum atomic E-state index is -0.152. The van der Waals surface area contributed by atoms with Crippen molar-refractivity contribution in [2.75, 3.05) is 13.2 Å². The van der Waals surface area contributed by atoms with Crippen LogP contribution in [0.25, 0.3) is 0 Å².